The lowest BCUT2D eigenvalue weighted by atomic mass is 10.1. The normalized spacial score (nSPS) is 12.2. The molecule has 0 fully saturated rings. The largest absolute Gasteiger partial charge is 0.494 e. The topological polar surface area (TPSA) is 42.1 Å². The highest BCUT2D eigenvalue weighted by atomic mass is 79.9. The van der Waals surface area contributed by atoms with Crippen molar-refractivity contribution < 1.29 is 4.74 Å². The Bertz CT molecular complexity index is 731. The highest BCUT2D eigenvalue weighted by molar-refractivity contribution is 9.11. The van der Waals surface area contributed by atoms with Crippen LogP contribution < -0.4 is 10.2 Å². The Morgan fingerprint density at radius 3 is 2.44 bits per heavy atom. The zero-order valence-corrected chi connectivity index (χ0v) is 18.9. The molecule has 1 N–H and O–H groups in total. The number of benzene rings is 1. The predicted octanol–water partition coefficient (Wildman–Crippen LogP) is 6.67. The lowest BCUT2D eigenvalue weighted by Gasteiger charge is -2.14. The second-order valence-electron chi connectivity index (χ2n) is 5.95. The van der Waals surface area contributed by atoms with E-state index in [0.29, 0.717) is 8.95 Å². The van der Waals surface area contributed by atoms with E-state index in [1.807, 2.05) is 37.3 Å². The summed E-state index contributed by atoms with van der Waals surface area (Å²) in [5.74, 6) is 0.933. The van der Waals surface area contributed by atoms with E-state index in [0.717, 1.165) is 55.8 Å². The Hall–Kier alpha value is -0.590. The van der Waals surface area contributed by atoms with Crippen molar-refractivity contribution in [3.63, 3.8) is 0 Å². The van der Waals surface area contributed by atoms with Crippen molar-refractivity contribution >= 4 is 47.8 Å². The van der Waals surface area contributed by atoms with Gasteiger partial charge in [-0.15, -0.1) is 0 Å². The number of hydrogen-bond donors (Lipinski definition) is 1. The third-order valence-corrected chi connectivity index (χ3v) is 6.62. The maximum atomic E-state index is 12.1. The van der Waals surface area contributed by atoms with Crippen LogP contribution in [0.5, 0.6) is 5.75 Å². The molecule has 6 heteroatoms. The molecule has 1 aromatic heterocycles. The number of aryl methyl sites for hydroxylation is 1. The van der Waals surface area contributed by atoms with Gasteiger partial charge in [-0.1, -0.05) is 53.4 Å². The third-order valence-electron chi connectivity index (χ3n) is 3.96. The molecule has 1 heterocycles. The van der Waals surface area contributed by atoms with E-state index in [1.54, 1.807) is 0 Å². The van der Waals surface area contributed by atoms with E-state index in [1.165, 1.54) is 0 Å². The van der Waals surface area contributed by atoms with Gasteiger partial charge in [0.15, 0.2) is 0 Å². The fourth-order valence-corrected chi connectivity index (χ4v) is 4.66. The SMILES string of the molecule is Cc1[nH]c(C(Br)CCCCCCOc2ccccc2)c(Br)c(=O)c1Br. The molecule has 0 bridgehead atoms. The summed E-state index contributed by atoms with van der Waals surface area (Å²) < 4.78 is 6.88. The van der Waals surface area contributed by atoms with Gasteiger partial charge in [-0.2, -0.15) is 0 Å². The Kier molecular flexibility index (Phi) is 8.73. The average molecular weight is 536 g/mol. The molecule has 1 atom stereocenters. The number of para-hydroxylation sites is 1. The highest BCUT2D eigenvalue weighted by Gasteiger charge is 2.17. The van der Waals surface area contributed by atoms with Crippen LogP contribution in [0.4, 0.5) is 0 Å². The summed E-state index contributed by atoms with van der Waals surface area (Å²) in [6, 6.07) is 9.92. The van der Waals surface area contributed by atoms with E-state index < -0.39 is 0 Å². The summed E-state index contributed by atoms with van der Waals surface area (Å²) in [6.07, 6.45) is 5.43. The standard InChI is InChI=1S/C19H22Br3NO2/c1-13-16(21)19(24)17(22)18(23-13)15(20)11-7-2-3-8-12-25-14-9-5-4-6-10-14/h4-6,9-10,15H,2-3,7-8,11-12H2,1H3,(H,23,24). The molecule has 1 unspecified atom stereocenters. The summed E-state index contributed by atoms with van der Waals surface area (Å²) >= 11 is 10.4. The lowest BCUT2D eigenvalue weighted by Crippen LogP contribution is -2.12. The number of pyridine rings is 1. The molecule has 0 aliphatic heterocycles. The van der Waals surface area contributed by atoms with Crippen molar-refractivity contribution in [1.82, 2.24) is 4.98 Å². The number of aromatic amines is 1. The predicted molar refractivity (Wildman–Crippen MR) is 114 cm³/mol. The van der Waals surface area contributed by atoms with Gasteiger partial charge in [-0.3, -0.25) is 4.79 Å². The molecular formula is C19H22Br3NO2. The number of unbranched alkanes of at least 4 members (excludes halogenated alkanes) is 3. The molecule has 0 aliphatic carbocycles. The van der Waals surface area contributed by atoms with Gasteiger partial charge < -0.3 is 9.72 Å². The fraction of sp³-hybridized carbons (Fsp3) is 0.421. The van der Waals surface area contributed by atoms with Crippen LogP contribution in [0.1, 0.15) is 48.3 Å². The number of alkyl halides is 1. The lowest BCUT2D eigenvalue weighted by molar-refractivity contribution is 0.304. The quantitative estimate of drug-likeness (QED) is 0.288. The van der Waals surface area contributed by atoms with Crippen LogP contribution in [0.25, 0.3) is 0 Å². The van der Waals surface area contributed by atoms with E-state index in [9.17, 15) is 4.79 Å². The summed E-state index contributed by atoms with van der Waals surface area (Å²) in [6.45, 7) is 2.65. The van der Waals surface area contributed by atoms with Crippen LogP contribution >= 0.6 is 47.8 Å². The van der Waals surface area contributed by atoms with Crippen LogP contribution in [-0.2, 0) is 0 Å². The minimum atomic E-state index is -0.00578. The number of halogens is 3. The van der Waals surface area contributed by atoms with E-state index in [2.05, 4.69) is 52.8 Å². The Labute approximate surface area is 174 Å². The van der Waals surface area contributed by atoms with Gasteiger partial charge in [-0.25, -0.2) is 0 Å². The van der Waals surface area contributed by atoms with Crippen molar-refractivity contribution in [3.05, 3.63) is 60.9 Å². The summed E-state index contributed by atoms with van der Waals surface area (Å²) in [7, 11) is 0. The molecule has 1 aromatic carbocycles. The molecule has 0 radical (unpaired) electrons. The second kappa shape index (κ2) is 10.5. The van der Waals surface area contributed by atoms with E-state index >= 15 is 0 Å². The number of ether oxygens (including phenoxy) is 1. The number of H-pyrrole nitrogens is 1. The second-order valence-corrected chi connectivity index (χ2v) is 8.64. The summed E-state index contributed by atoms with van der Waals surface area (Å²) in [4.78, 5) is 15.6. The van der Waals surface area contributed by atoms with Crippen LogP contribution in [0.2, 0.25) is 0 Å². The molecular weight excluding hydrogens is 514 g/mol. The molecule has 0 aliphatic rings. The molecule has 25 heavy (non-hydrogen) atoms. The minimum Gasteiger partial charge on any atom is -0.494 e. The van der Waals surface area contributed by atoms with Gasteiger partial charge in [0.05, 0.1) is 20.4 Å². The molecule has 136 valence electrons. The van der Waals surface area contributed by atoms with Crippen LogP contribution in [0.15, 0.2) is 44.1 Å². The van der Waals surface area contributed by atoms with Gasteiger partial charge in [-0.05, 0) is 63.8 Å². The molecule has 0 amide bonds. The molecule has 2 rings (SSSR count). The van der Waals surface area contributed by atoms with E-state index in [4.69, 9.17) is 4.74 Å². The zero-order chi connectivity index (χ0) is 18.2. The van der Waals surface area contributed by atoms with Crippen molar-refractivity contribution in [2.45, 2.75) is 43.9 Å². The zero-order valence-electron chi connectivity index (χ0n) is 14.2. The Morgan fingerprint density at radius 2 is 1.72 bits per heavy atom. The molecule has 2 aromatic rings. The van der Waals surface area contributed by atoms with Crippen LogP contribution in [0.3, 0.4) is 0 Å². The molecule has 0 saturated heterocycles. The average Bonchev–Trinajstić information content (AvgIpc) is 2.62. The van der Waals surface area contributed by atoms with Gasteiger partial charge in [0.25, 0.3) is 0 Å². The van der Waals surface area contributed by atoms with Gasteiger partial charge in [0, 0.05) is 11.4 Å². The van der Waals surface area contributed by atoms with Crippen LogP contribution in [0, 0.1) is 6.92 Å². The Balaban J connectivity index is 1.69. The van der Waals surface area contributed by atoms with Crippen LogP contribution in [-0.4, -0.2) is 11.6 Å². The maximum Gasteiger partial charge on any atom is 0.210 e. The van der Waals surface area contributed by atoms with Crippen molar-refractivity contribution in [2.24, 2.45) is 0 Å². The number of rotatable bonds is 9. The van der Waals surface area contributed by atoms with Crippen molar-refractivity contribution in [2.75, 3.05) is 6.61 Å². The first-order valence-corrected chi connectivity index (χ1v) is 10.9. The van der Waals surface area contributed by atoms with Crippen molar-refractivity contribution in [1.29, 1.82) is 0 Å². The molecule has 0 spiro atoms. The first-order chi connectivity index (χ1) is 12.0. The Morgan fingerprint density at radius 1 is 1.04 bits per heavy atom. The number of nitrogens with one attached hydrogen (secondary N) is 1. The smallest absolute Gasteiger partial charge is 0.210 e. The number of aromatic nitrogens is 1. The fourth-order valence-electron chi connectivity index (χ4n) is 2.55. The number of hydrogen-bond acceptors (Lipinski definition) is 2. The third kappa shape index (κ3) is 6.26. The van der Waals surface area contributed by atoms with Gasteiger partial charge in [0.1, 0.15) is 5.75 Å². The van der Waals surface area contributed by atoms with Gasteiger partial charge >= 0.3 is 0 Å². The monoisotopic (exact) mass is 533 g/mol. The van der Waals surface area contributed by atoms with E-state index in [-0.39, 0.29) is 10.3 Å². The minimum absolute atomic E-state index is 0.00578. The highest BCUT2D eigenvalue weighted by Crippen LogP contribution is 2.32. The summed E-state index contributed by atoms with van der Waals surface area (Å²) in [5, 5.41) is 0. The summed E-state index contributed by atoms with van der Waals surface area (Å²) in [5.41, 5.74) is 1.76. The van der Waals surface area contributed by atoms with Crippen molar-refractivity contribution in [3.8, 4) is 5.75 Å². The molecule has 3 nitrogen and oxygen atoms in total. The first kappa shape index (κ1) is 20.7. The molecule has 0 saturated carbocycles. The maximum absolute atomic E-state index is 12.1. The van der Waals surface area contributed by atoms with Gasteiger partial charge in [0.2, 0.25) is 5.43 Å². The first-order valence-electron chi connectivity index (χ1n) is 8.40.